The third-order valence-electron chi connectivity index (χ3n) is 7.86. The number of nitrogens with two attached hydrogens (primary N) is 1. The van der Waals surface area contributed by atoms with Crippen LogP contribution in [0.15, 0.2) is 64.5 Å². The van der Waals surface area contributed by atoms with Gasteiger partial charge in [-0.2, -0.15) is 26.3 Å². The molecule has 24 heteroatoms. The molecule has 374 valence electrons. The lowest BCUT2D eigenvalue weighted by molar-refractivity contribution is -0.138. The van der Waals surface area contributed by atoms with Gasteiger partial charge in [0.15, 0.2) is 0 Å². The summed E-state index contributed by atoms with van der Waals surface area (Å²) in [5.74, 6) is -1.30. The van der Waals surface area contributed by atoms with E-state index in [-0.39, 0.29) is 77.5 Å². The molecule has 0 saturated heterocycles. The molecule has 68 heavy (non-hydrogen) atoms. The molecule has 0 heterocycles. The fraction of sp³-hybridized carbons (Fsp3) is 0.455. The summed E-state index contributed by atoms with van der Waals surface area (Å²) >= 11 is 0.890. The minimum atomic E-state index is -4.97. The van der Waals surface area contributed by atoms with Crippen LogP contribution in [0.4, 0.5) is 68.3 Å². The number of carbonyl (C=O) groups excluding carboxylic acids is 5. The molecule has 3 aromatic carbocycles. The number of rotatable bonds is 14. The standard InChI is InChI=1S/C44H56F6N8O9S/c1-40(2,3)65-37(61)53-17-18-68-34-31(55-33(59)15-10-11-16-52-35(57-38(62)66-41(4,5)6)58-39(63)67-42(7,8)9)21-26(44(48,49)50)22-32(34)56-36(60)54-28-13-12-14-29(24-28)64-30-20-25(43(45,46)47)19-27(51)23-30/h12-14,19-24H,10-11,15-18,51H2,1-9H3,(H,53,61)(H,55,59)(H2,54,56,60)(H2,52,57,58,62,63). The van der Waals surface area contributed by atoms with E-state index in [0.717, 1.165) is 30.0 Å². The number of aliphatic imine (C=N–C) groups is 1. The fourth-order valence-electron chi connectivity index (χ4n) is 5.37. The van der Waals surface area contributed by atoms with Crippen molar-refractivity contribution in [2.45, 2.75) is 116 Å². The number of nitrogen functional groups attached to an aromatic ring is 1. The molecule has 0 unspecified atom stereocenters. The SMILES string of the molecule is CC(C)(C)OC(=O)NCCSc1c(NC(=O)CCCCN=C(NC(=O)OC(C)(C)C)NC(=O)OC(C)(C)C)cc(C(F)(F)F)cc1NC(=O)Nc1cccc(Oc2cc(N)cc(C(F)(F)F)c2)c1. The Morgan fingerprint density at radius 3 is 1.75 bits per heavy atom. The summed E-state index contributed by atoms with van der Waals surface area (Å²) < 4.78 is 104. The number of hydrogen-bond acceptors (Lipinski definition) is 12. The van der Waals surface area contributed by atoms with Crippen LogP contribution >= 0.6 is 11.8 Å². The largest absolute Gasteiger partial charge is 0.457 e. The molecule has 0 saturated carbocycles. The Kier molecular flexibility index (Phi) is 19.2. The number of benzene rings is 3. The maximum Gasteiger partial charge on any atom is 0.416 e. The van der Waals surface area contributed by atoms with Crippen molar-refractivity contribution in [2.75, 3.05) is 40.5 Å². The van der Waals surface area contributed by atoms with Gasteiger partial charge in [-0.05, 0) is 112 Å². The Labute approximate surface area is 393 Å². The van der Waals surface area contributed by atoms with Crippen LogP contribution in [0.5, 0.6) is 11.5 Å². The summed E-state index contributed by atoms with van der Waals surface area (Å²) in [6.07, 6.45) is -12.2. The topological polar surface area (TPSA) is 233 Å². The monoisotopic (exact) mass is 986 g/mol. The number of urea groups is 1. The summed E-state index contributed by atoms with van der Waals surface area (Å²) in [4.78, 5) is 68.0. The summed E-state index contributed by atoms with van der Waals surface area (Å²) in [6, 6.07) is 8.28. The van der Waals surface area contributed by atoms with Gasteiger partial charge in [-0.3, -0.25) is 20.4 Å². The molecule has 0 spiro atoms. The molecule has 0 aliphatic rings. The van der Waals surface area contributed by atoms with Crippen molar-refractivity contribution in [3.05, 3.63) is 65.7 Å². The van der Waals surface area contributed by atoms with E-state index < -0.39 is 76.2 Å². The lowest BCUT2D eigenvalue weighted by atomic mass is 10.1. The quantitative estimate of drug-likeness (QED) is 0.0153. The molecule has 0 aliphatic carbocycles. The molecular formula is C44H56F6N8O9S. The molecule has 6 amide bonds. The number of unbranched alkanes of at least 4 members (excludes halogenated alkanes) is 1. The van der Waals surface area contributed by atoms with E-state index in [1.165, 1.54) is 24.3 Å². The molecule has 0 bridgehead atoms. The second kappa shape index (κ2) is 23.4. The van der Waals surface area contributed by atoms with Gasteiger partial charge in [0.25, 0.3) is 0 Å². The zero-order chi connectivity index (χ0) is 51.3. The first-order valence-electron chi connectivity index (χ1n) is 20.8. The highest BCUT2D eigenvalue weighted by Gasteiger charge is 2.34. The summed E-state index contributed by atoms with van der Waals surface area (Å²) in [5.41, 5.74) is -0.184. The van der Waals surface area contributed by atoms with Gasteiger partial charge in [0.2, 0.25) is 11.9 Å². The average Bonchev–Trinajstić information content (AvgIpc) is 3.13. The molecular weight excluding hydrogens is 931 g/mol. The van der Waals surface area contributed by atoms with Crippen molar-refractivity contribution in [1.29, 1.82) is 0 Å². The maximum absolute atomic E-state index is 14.4. The van der Waals surface area contributed by atoms with Crippen molar-refractivity contribution < 1.29 is 69.3 Å². The third-order valence-corrected chi connectivity index (χ3v) is 9.00. The average molecular weight is 987 g/mol. The Balaban J connectivity index is 1.85. The fourth-order valence-corrected chi connectivity index (χ4v) is 6.31. The summed E-state index contributed by atoms with van der Waals surface area (Å²) in [7, 11) is 0. The van der Waals surface area contributed by atoms with Gasteiger partial charge in [0, 0.05) is 48.8 Å². The van der Waals surface area contributed by atoms with Gasteiger partial charge >= 0.3 is 36.7 Å². The van der Waals surface area contributed by atoms with Crippen LogP contribution in [0.25, 0.3) is 0 Å². The number of halogens is 6. The number of nitrogens with one attached hydrogen (secondary N) is 6. The van der Waals surface area contributed by atoms with E-state index in [0.29, 0.717) is 12.1 Å². The normalized spacial score (nSPS) is 11.9. The van der Waals surface area contributed by atoms with E-state index in [1.54, 1.807) is 62.3 Å². The number of anilines is 4. The number of ether oxygens (including phenoxy) is 4. The van der Waals surface area contributed by atoms with E-state index >= 15 is 0 Å². The van der Waals surface area contributed by atoms with Crippen molar-refractivity contribution >= 4 is 70.7 Å². The minimum Gasteiger partial charge on any atom is -0.457 e. The minimum absolute atomic E-state index is 0.0121. The van der Waals surface area contributed by atoms with Crippen LogP contribution in [-0.2, 0) is 31.4 Å². The second-order valence-corrected chi connectivity index (χ2v) is 18.8. The molecule has 0 fully saturated rings. The molecule has 8 N–H and O–H groups in total. The zero-order valence-electron chi connectivity index (χ0n) is 38.8. The molecule has 0 aliphatic heterocycles. The molecule has 17 nitrogen and oxygen atoms in total. The van der Waals surface area contributed by atoms with E-state index in [1.807, 2.05) is 0 Å². The van der Waals surface area contributed by atoms with Crippen LogP contribution in [0.1, 0.15) is 92.7 Å². The predicted octanol–water partition coefficient (Wildman–Crippen LogP) is 10.9. The number of guanidine groups is 1. The van der Waals surface area contributed by atoms with Crippen LogP contribution in [0.2, 0.25) is 0 Å². The van der Waals surface area contributed by atoms with Gasteiger partial charge in [0.05, 0.1) is 27.4 Å². The Morgan fingerprint density at radius 2 is 1.19 bits per heavy atom. The number of carbonyl (C=O) groups is 5. The molecule has 3 aromatic rings. The van der Waals surface area contributed by atoms with Crippen molar-refractivity contribution in [3.8, 4) is 11.5 Å². The van der Waals surface area contributed by atoms with Gasteiger partial charge in [0.1, 0.15) is 28.3 Å². The van der Waals surface area contributed by atoms with E-state index in [4.69, 9.17) is 24.7 Å². The van der Waals surface area contributed by atoms with Crippen molar-refractivity contribution in [1.82, 2.24) is 16.0 Å². The number of alkyl halides is 6. The molecule has 0 aromatic heterocycles. The van der Waals surface area contributed by atoms with Crippen LogP contribution in [0.3, 0.4) is 0 Å². The zero-order valence-corrected chi connectivity index (χ0v) is 39.6. The first-order chi connectivity index (χ1) is 31.2. The van der Waals surface area contributed by atoms with Crippen molar-refractivity contribution in [3.63, 3.8) is 0 Å². The highest BCUT2D eigenvalue weighted by molar-refractivity contribution is 7.99. The number of thioether (sulfide) groups is 1. The highest BCUT2D eigenvalue weighted by atomic mass is 32.2. The summed E-state index contributed by atoms with van der Waals surface area (Å²) in [6.45, 7) is 14.6. The lowest BCUT2D eigenvalue weighted by Gasteiger charge is -2.22. The number of hydrogen-bond donors (Lipinski definition) is 7. The van der Waals surface area contributed by atoms with E-state index in [9.17, 15) is 50.3 Å². The first-order valence-corrected chi connectivity index (χ1v) is 21.8. The third kappa shape index (κ3) is 21.4. The maximum atomic E-state index is 14.4. The number of alkyl carbamates (subject to hydrolysis) is 3. The molecule has 3 rings (SSSR count). The van der Waals surface area contributed by atoms with Gasteiger partial charge < -0.3 is 45.9 Å². The second-order valence-electron chi connectivity index (χ2n) is 17.7. The van der Waals surface area contributed by atoms with Gasteiger partial charge in [-0.25, -0.2) is 19.2 Å². The van der Waals surface area contributed by atoms with Crippen LogP contribution in [0, 0.1) is 0 Å². The van der Waals surface area contributed by atoms with Crippen LogP contribution < -0.4 is 42.4 Å². The highest BCUT2D eigenvalue weighted by Crippen LogP contribution is 2.41. The van der Waals surface area contributed by atoms with Crippen LogP contribution in [-0.4, -0.2) is 71.8 Å². The molecule has 0 atom stereocenters. The van der Waals surface area contributed by atoms with Gasteiger partial charge in [-0.15, -0.1) is 11.8 Å². The van der Waals surface area contributed by atoms with Gasteiger partial charge in [-0.1, -0.05) is 6.07 Å². The summed E-state index contributed by atoms with van der Waals surface area (Å²) in [5, 5.41) is 14.5. The van der Waals surface area contributed by atoms with Crippen molar-refractivity contribution in [2.24, 2.45) is 4.99 Å². The molecule has 0 radical (unpaired) electrons. The first kappa shape index (κ1) is 55.7. The lowest BCUT2D eigenvalue weighted by Crippen LogP contribution is -2.47. The Hall–Kier alpha value is -6.59. The van der Waals surface area contributed by atoms with E-state index in [2.05, 4.69) is 36.9 Å². The predicted molar refractivity (Wildman–Crippen MR) is 245 cm³/mol. The number of amides is 6. The number of nitrogens with zero attached hydrogens (tertiary/aromatic N) is 1. The smallest absolute Gasteiger partial charge is 0.416 e. The Bertz CT molecular complexity index is 2280. The Morgan fingerprint density at radius 1 is 0.647 bits per heavy atom.